The lowest BCUT2D eigenvalue weighted by Crippen LogP contribution is -1.90. The Bertz CT molecular complexity index is 796. The fourth-order valence-corrected chi connectivity index (χ4v) is 2.75. The van der Waals surface area contributed by atoms with Crippen molar-refractivity contribution in [3.8, 4) is 11.5 Å². The summed E-state index contributed by atoms with van der Waals surface area (Å²) in [7, 11) is 0. The molecule has 0 fully saturated rings. The Morgan fingerprint density at radius 1 is 0.905 bits per heavy atom. The first-order chi connectivity index (χ1) is 10.2. The van der Waals surface area contributed by atoms with Gasteiger partial charge in [0.05, 0.1) is 0 Å². The number of rotatable bonds is 3. The lowest BCUT2D eigenvalue weighted by atomic mass is 10.1. The maximum absolute atomic E-state index is 6.23. The van der Waals surface area contributed by atoms with Crippen molar-refractivity contribution in [2.45, 2.75) is 12.8 Å². The van der Waals surface area contributed by atoms with E-state index in [4.69, 9.17) is 27.9 Å². The molecule has 0 heterocycles. The van der Waals surface area contributed by atoms with Crippen molar-refractivity contribution in [3.05, 3.63) is 70.7 Å². The van der Waals surface area contributed by atoms with Gasteiger partial charge in [-0.1, -0.05) is 48.0 Å². The van der Waals surface area contributed by atoms with E-state index in [1.807, 2.05) is 61.5 Å². The highest BCUT2D eigenvalue weighted by Crippen LogP contribution is 2.35. The molecule has 0 spiro atoms. The van der Waals surface area contributed by atoms with Gasteiger partial charge in [-0.25, -0.2) is 0 Å². The maximum atomic E-state index is 6.23. The van der Waals surface area contributed by atoms with Gasteiger partial charge in [0.1, 0.15) is 11.5 Å². The highest BCUT2D eigenvalue weighted by Gasteiger charge is 2.08. The molecule has 0 aliphatic rings. The number of benzene rings is 3. The number of alkyl halides is 1. The van der Waals surface area contributed by atoms with Crippen molar-refractivity contribution < 1.29 is 4.74 Å². The van der Waals surface area contributed by atoms with Gasteiger partial charge < -0.3 is 4.74 Å². The summed E-state index contributed by atoms with van der Waals surface area (Å²) >= 11 is 12.1. The second-order valence-corrected chi connectivity index (χ2v) is 5.60. The summed E-state index contributed by atoms with van der Waals surface area (Å²) in [4.78, 5) is 0. The van der Waals surface area contributed by atoms with E-state index in [9.17, 15) is 0 Å². The van der Waals surface area contributed by atoms with E-state index in [1.165, 1.54) is 0 Å². The molecule has 0 bridgehead atoms. The Morgan fingerprint density at radius 2 is 1.62 bits per heavy atom. The second kappa shape index (κ2) is 5.97. The molecular weight excluding hydrogens is 303 g/mol. The molecule has 3 aromatic rings. The monoisotopic (exact) mass is 316 g/mol. The molecule has 21 heavy (non-hydrogen) atoms. The van der Waals surface area contributed by atoms with Crippen LogP contribution in [0.1, 0.15) is 11.1 Å². The third-order valence-corrected chi connectivity index (χ3v) is 4.08. The molecule has 106 valence electrons. The number of hydrogen-bond donors (Lipinski definition) is 0. The number of hydrogen-bond acceptors (Lipinski definition) is 1. The first kappa shape index (κ1) is 14.2. The Labute approximate surface area is 134 Å². The van der Waals surface area contributed by atoms with Gasteiger partial charge in [0.15, 0.2) is 0 Å². The molecule has 0 aromatic heterocycles. The molecule has 0 aliphatic carbocycles. The lowest BCUT2D eigenvalue weighted by molar-refractivity contribution is 0.484. The molecule has 0 aliphatic heterocycles. The maximum Gasteiger partial charge on any atom is 0.135 e. The van der Waals surface area contributed by atoms with Crippen LogP contribution in [0.3, 0.4) is 0 Å². The minimum absolute atomic E-state index is 0.505. The van der Waals surface area contributed by atoms with Crippen LogP contribution < -0.4 is 4.74 Å². The van der Waals surface area contributed by atoms with Gasteiger partial charge in [0, 0.05) is 21.7 Å². The molecule has 0 atom stereocenters. The van der Waals surface area contributed by atoms with E-state index >= 15 is 0 Å². The lowest BCUT2D eigenvalue weighted by Gasteiger charge is -2.12. The minimum atomic E-state index is 0.505. The predicted molar refractivity (Wildman–Crippen MR) is 89.8 cm³/mol. The summed E-state index contributed by atoms with van der Waals surface area (Å²) in [6, 6.07) is 17.7. The van der Waals surface area contributed by atoms with Crippen molar-refractivity contribution in [2.75, 3.05) is 0 Å². The zero-order chi connectivity index (χ0) is 14.8. The molecule has 3 aromatic carbocycles. The number of aryl methyl sites for hydroxylation is 1. The van der Waals surface area contributed by atoms with Gasteiger partial charge in [-0.2, -0.15) is 0 Å². The Morgan fingerprint density at radius 3 is 2.33 bits per heavy atom. The van der Waals surface area contributed by atoms with Crippen LogP contribution in [0, 0.1) is 6.92 Å². The van der Waals surface area contributed by atoms with Crippen LogP contribution in [0.15, 0.2) is 54.6 Å². The summed E-state index contributed by atoms with van der Waals surface area (Å²) in [5, 5.41) is 2.73. The quantitative estimate of drug-likeness (QED) is 0.513. The molecule has 0 N–H and O–H groups in total. The van der Waals surface area contributed by atoms with Crippen molar-refractivity contribution in [1.29, 1.82) is 0 Å². The molecule has 0 saturated carbocycles. The van der Waals surface area contributed by atoms with Gasteiger partial charge in [0.2, 0.25) is 0 Å². The fraction of sp³-hybridized carbons (Fsp3) is 0.111. The summed E-state index contributed by atoms with van der Waals surface area (Å²) in [6.07, 6.45) is 0. The average molecular weight is 317 g/mol. The van der Waals surface area contributed by atoms with Crippen LogP contribution in [-0.2, 0) is 5.88 Å². The van der Waals surface area contributed by atoms with Crippen molar-refractivity contribution in [3.63, 3.8) is 0 Å². The summed E-state index contributed by atoms with van der Waals surface area (Å²) in [6.45, 7) is 2.02. The Kier molecular flexibility index (Phi) is 4.05. The first-order valence-electron chi connectivity index (χ1n) is 6.69. The number of ether oxygens (including phenoxy) is 1. The summed E-state index contributed by atoms with van der Waals surface area (Å²) in [5.74, 6) is 2.14. The van der Waals surface area contributed by atoms with Crippen molar-refractivity contribution >= 4 is 34.0 Å². The van der Waals surface area contributed by atoms with E-state index in [1.54, 1.807) is 0 Å². The molecule has 0 radical (unpaired) electrons. The van der Waals surface area contributed by atoms with Crippen LogP contribution >= 0.6 is 23.2 Å². The Balaban J connectivity index is 2.04. The third kappa shape index (κ3) is 2.85. The molecule has 3 heteroatoms. The first-order valence-corrected chi connectivity index (χ1v) is 7.61. The van der Waals surface area contributed by atoms with Crippen LogP contribution in [0.2, 0.25) is 5.02 Å². The zero-order valence-corrected chi connectivity index (χ0v) is 13.1. The van der Waals surface area contributed by atoms with Crippen molar-refractivity contribution in [2.24, 2.45) is 0 Å². The number of halogens is 2. The SMILES string of the molecule is Cc1cc(CCl)ccc1Oc1ccc(Cl)c2ccccc12. The molecule has 0 amide bonds. The van der Waals surface area contributed by atoms with E-state index in [-0.39, 0.29) is 0 Å². The van der Waals surface area contributed by atoms with Gasteiger partial charge in [-0.05, 0) is 36.2 Å². The molecule has 1 nitrogen and oxygen atoms in total. The highest BCUT2D eigenvalue weighted by atomic mass is 35.5. The van der Waals surface area contributed by atoms with E-state index in [0.717, 1.165) is 38.4 Å². The van der Waals surface area contributed by atoms with E-state index in [2.05, 4.69) is 0 Å². The normalized spacial score (nSPS) is 10.8. The zero-order valence-electron chi connectivity index (χ0n) is 11.6. The fourth-order valence-electron chi connectivity index (χ4n) is 2.35. The third-order valence-electron chi connectivity index (χ3n) is 3.44. The smallest absolute Gasteiger partial charge is 0.135 e. The van der Waals surface area contributed by atoms with Crippen LogP contribution in [-0.4, -0.2) is 0 Å². The molecular formula is C18H14Cl2O. The summed E-state index contributed by atoms with van der Waals surface area (Å²) in [5.41, 5.74) is 2.15. The van der Waals surface area contributed by atoms with E-state index < -0.39 is 0 Å². The Hall–Kier alpha value is -1.70. The largest absolute Gasteiger partial charge is 0.456 e. The predicted octanol–water partition coefficient (Wildman–Crippen LogP) is 6.33. The van der Waals surface area contributed by atoms with Gasteiger partial charge in [0.25, 0.3) is 0 Å². The molecule has 0 saturated heterocycles. The number of fused-ring (bicyclic) bond motifs is 1. The summed E-state index contributed by atoms with van der Waals surface area (Å²) < 4.78 is 6.08. The topological polar surface area (TPSA) is 9.23 Å². The molecule has 0 unspecified atom stereocenters. The molecule has 3 rings (SSSR count). The van der Waals surface area contributed by atoms with Crippen molar-refractivity contribution in [1.82, 2.24) is 0 Å². The van der Waals surface area contributed by atoms with Gasteiger partial charge in [-0.3, -0.25) is 0 Å². The minimum Gasteiger partial charge on any atom is -0.456 e. The van der Waals surface area contributed by atoms with Gasteiger partial charge in [-0.15, -0.1) is 11.6 Å². The van der Waals surface area contributed by atoms with Crippen LogP contribution in [0.4, 0.5) is 0 Å². The van der Waals surface area contributed by atoms with E-state index in [0.29, 0.717) is 5.88 Å². The highest BCUT2D eigenvalue weighted by molar-refractivity contribution is 6.35. The average Bonchev–Trinajstić information content (AvgIpc) is 2.52. The van der Waals surface area contributed by atoms with Gasteiger partial charge >= 0.3 is 0 Å². The standard InChI is InChI=1S/C18H14Cl2O/c1-12-10-13(11-19)6-8-17(12)21-18-9-7-16(20)14-4-2-3-5-15(14)18/h2-10H,11H2,1H3. The second-order valence-electron chi connectivity index (χ2n) is 4.93. The van der Waals surface area contributed by atoms with Crippen LogP contribution in [0.5, 0.6) is 11.5 Å². The van der Waals surface area contributed by atoms with Crippen LogP contribution in [0.25, 0.3) is 10.8 Å².